The quantitative estimate of drug-likeness (QED) is 0.607. The van der Waals surface area contributed by atoms with E-state index in [1.807, 2.05) is 6.92 Å². The second-order valence-corrected chi connectivity index (χ2v) is 4.84. The van der Waals surface area contributed by atoms with E-state index < -0.39 is 0 Å². The average molecular weight is 304 g/mol. The van der Waals surface area contributed by atoms with Gasteiger partial charge in [0.15, 0.2) is 5.78 Å². The maximum Gasteiger partial charge on any atom is 0.171 e. The number of rotatable bonds is 5. The van der Waals surface area contributed by atoms with Gasteiger partial charge in [-0.2, -0.15) is 0 Å². The summed E-state index contributed by atoms with van der Waals surface area (Å²) < 4.78 is 0.814. The fraction of sp³-hybridized carbons (Fsp3) is 0.333. The molecule has 0 saturated heterocycles. The fourth-order valence-electron chi connectivity index (χ4n) is 1.36. The van der Waals surface area contributed by atoms with Crippen LogP contribution < -0.4 is 0 Å². The van der Waals surface area contributed by atoms with Crippen molar-refractivity contribution in [2.24, 2.45) is 0 Å². The van der Waals surface area contributed by atoms with E-state index in [1.165, 1.54) is 0 Å². The van der Waals surface area contributed by atoms with Crippen LogP contribution in [-0.2, 0) is 4.79 Å². The van der Waals surface area contributed by atoms with E-state index >= 15 is 0 Å². The fourth-order valence-corrected chi connectivity index (χ4v) is 2.14. The second kappa shape index (κ2) is 6.16. The Hall–Kier alpha value is -0.670. The first-order valence-corrected chi connectivity index (χ1v) is 6.21. The zero-order chi connectivity index (χ0) is 12.1. The predicted octanol–water partition coefficient (Wildman–Crippen LogP) is 4.04. The summed E-state index contributed by atoms with van der Waals surface area (Å²) >= 11 is 9.18. The minimum absolute atomic E-state index is 0.0357. The molecular formula is C12H12BrClO2. The number of carbonyl (C=O) groups is 2. The molecule has 4 heteroatoms. The molecule has 1 aromatic carbocycles. The third kappa shape index (κ3) is 3.72. The molecule has 0 amide bonds. The Labute approximate surface area is 108 Å². The Bertz CT molecular complexity index is 415. The van der Waals surface area contributed by atoms with Crippen molar-refractivity contribution >= 4 is 39.1 Å². The Kier molecular flexibility index (Phi) is 5.16. The number of benzene rings is 1. The van der Waals surface area contributed by atoms with Crippen LogP contribution in [0.4, 0.5) is 0 Å². The Morgan fingerprint density at radius 2 is 2.06 bits per heavy atom. The number of Topliss-reactive ketones (excluding diaryl/α,β-unsaturated/α-hetero) is 2. The van der Waals surface area contributed by atoms with Crippen LogP contribution in [0.1, 0.15) is 36.5 Å². The molecule has 0 N–H and O–H groups in total. The zero-order valence-electron chi connectivity index (χ0n) is 8.93. The third-order valence-electron chi connectivity index (χ3n) is 2.12. The summed E-state index contributed by atoms with van der Waals surface area (Å²) in [5.41, 5.74) is 0.411. The van der Waals surface area contributed by atoms with Crippen LogP contribution in [0.3, 0.4) is 0 Å². The van der Waals surface area contributed by atoms with Crippen molar-refractivity contribution < 1.29 is 9.59 Å². The third-order valence-corrected chi connectivity index (χ3v) is 2.92. The van der Waals surface area contributed by atoms with Gasteiger partial charge in [-0.3, -0.25) is 9.59 Å². The zero-order valence-corrected chi connectivity index (χ0v) is 11.3. The number of ketones is 2. The van der Waals surface area contributed by atoms with Gasteiger partial charge in [0.05, 0.1) is 11.4 Å². The standard InChI is InChI=1S/C12H12BrClO2/c1-2-3-9(15)7-12(16)10-5-4-8(13)6-11(10)14/h4-6H,2-3,7H2,1H3. The summed E-state index contributed by atoms with van der Waals surface area (Å²) in [5.74, 6) is -0.248. The van der Waals surface area contributed by atoms with Gasteiger partial charge in [-0.05, 0) is 24.6 Å². The minimum atomic E-state index is -0.212. The van der Waals surface area contributed by atoms with Crippen LogP contribution in [0.15, 0.2) is 22.7 Å². The molecule has 0 radical (unpaired) electrons. The van der Waals surface area contributed by atoms with Crippen molar-refractivity contribution in [3.63, 3.8) is 0 Å². The number of hydrogen-bond acceptors (Lipinski definition) is 2. The molecule has 0 heterocycles. The monoisotopic (exact) mass is 302 g/mol. The average Bonchev–Trinajstić information content (AvgIpc) is 2.17. The van der Waals surface area contributed by atoms with E-state index in [-0.39, 0.29) is 18.0 Å². The highest BCUT2D eigenvalue weighted by Crippen LogP contribution is 2.22. The van der Waals surface area contributed by atoms with E-state index in [2.05, 4.69) is 15.9 Å². The molecule has 16 heavy (non-hydrogen) atoms. The Morgan fingerprint density at radius 3 is 2.62 bits per heavy atom. The summed E-state index contributed by atoms with van der Waals surface area (Å²) in [6.07, 6.45) is 1.15. The van der Waals surface area contributed by atoms with Crippen LogP contribution in [-0.4, -0.2) is 11.6 Å². The van der Waals surface area contributed by atoms with Gasteiger partial charge in [0.2, 0.25) is 0 Å². The Balaban J connectivity index is 2.77. The predicted molar refractivity (Wildman–Crippen MR) is 68.0 cm³/mol. The molecule has 0 spiro atoms. The molecule has 0 fully saturated rings. The van der Waals surface area contributed by atoms with E-state index in [1.54, 1.807) is 18.2 Å². The smallest absolute Gasteiger partial charge is 0.171 e. The molecule has 0 aromatic heterocycles. The van der Waals surface area contributed by atoms with Gasteiger partial charge in [0.25, 0.3) is 0 Å². The lowest BCUT2D eigenvalue weighted by molar-refractivity contribution is -0.118. The lowest BCUT2D eigenvalue weighted by Gasteiger charge is -2.03. The molecule has 0 aliphatic carbocycles. The molecular weight excluding hydrogens is 291 g/mol. The van der Waals surface area contributed by atoms with Crippen LogP contribution in [0, 0.1) is 0 Å². The van der Waals surface area contributed by atoms with Gasteiger partial charge in [0.1, 0.15) is 5.78 Å². The van der Waals surface area contributed by atoms with Crippen molar-refractivity contribution in [3.8, 4) is 0 Å². The van der Waals surface area contributed by atoms with Crippen molar-refractivity contribution in [1.29, 1.82) is 0 Å². The van der Waals surface area contributed by atoms with Crippen molar-refractivity contribution in [1.82, 2.24) is 0 Å². The SMILES string of the molecule is CCCC(=O)CC(=O)c1ccc(Br)cc1Cl. The number of halogens is 2. The maximum absolute atomic E-state index is 11.7. The van der Waals surface area contributed by atoms with E-state index in [0.29, 0.717) is 17.0 Å². The molecule has 2 nitrogen and oxygen atoms in total. The van der Waals surface area contributed by atoms with E-state index in [4.69, 9.17) is 11.6 Å². The number of carbonyl (C=O) groups excluding carboxylic acids is 2. The lowest BCUT2D eigenvalue weighted by Crippen LogP contribution is -2.08. The first-order chi connectivity index (χ1) is 7.54. The molecule has 0 atom stereocenters. The highest BCUT2D eigenvalue weighted by Gasteiger charge is 2.14. The summed E-state index contributed by atoms with van der Waals surface area (Å²) in [6.45, 7) is 1.91. The molecule has 0 unspecified atom stereocenters. The van der Waals surface area contributed by atoms with Gasteiger partial charge >= 0.3 is 0 Å². The molecule has 0 aliphatic heterocycles. The van der Waals surface area contributed by atoms with Crippen molar-refractivity contribution in [2.45, 2.75) is 26.2 Å². The largest absolute Gasteiger partial charge is 0.299 e. The van der Waals surface area contributed by atoms with Gasteiger partial charge in [-0.15, -0.1) is 0 Å². The molecule has 0 saturated carbocycles. The highest BCUT2D eigenvalue weighted by molar-refractivity contribution is 9.10. The summed E-state index contributed by atoms with van der Waals surface area (Å²) in [7, 11) is 0. The van der Waals surface area contributed by atoms with Crippen LogP contribution in [0.2, 0.25) is 5.02 Å². The minimum Gasteiger partial charge on any atom is -0.299 e. The molecule has 1 aromatic rings. The van der Waals surface area contributed by atoms with Gasteiger partial charge in [0, 0.05) is 16.5 Å². The molecule has 86 valence electrons. The summed E-state index contributed by atoms with van der Waals surface area (Å²) in [5, 5.41) is 0.378. The van der Waals surface area contributed by atoms with Crippen LogP contribution in [0.25, 0.3) is 0 Å². The maximum atomic E-state index is 11.7. The molecule has 1 rings (SSSR count). The topological polar surface area (TPSA) is 34.1 Å². The number of hydrogen-bond donors (Lipinski definition) is 0. The van der Waals surface area contributed by atoms with Gasteiger partial charge in [-0.25, -0.2) is 0 Å². The highest BCUT2D eigenvalue weighted by atomic mass is 79.9. The van der Waals surface area contributed by atoms with E-state index in [0.717, 1.165) is 10.9 Å². The van der Waals surface area contributed by atoms with Crippen molar-refractivity contribution in [3.05, 3.63) is 33.3 Å². The first kappa shape index (κ1) is 13.4. The molecule has 0 aliphatic rings. The van der Waals surface area contributed by atoms with Crippen LogP contribution >= 0.6 is 27.5 Å². The first-order valence-electron chi connectivity index (χ1n) is 5.04. The Morgan fingerprint density at radius 1 is 1.38 bits per heavy atom. The van der Waals surface area contributed by atoms with Crippen molar-refractivity contribution in [2.75, 3.05) is 0 Å². The molecule has 0 bridgehead atoms. The normalized spacial score (nSPS) is 10.2. The second-order valence-electron chi connectivity index (χ2n) is 3.51. The summed E-state index contributed by atoms with van der Waals surface area (Å²) in [4.78, 5) is 23.1. The van der Waals surface area contributed by atoms with E-state index in [9.17, 15) is 9.59 Å². The van der Waals surface area contributed by atoms with Crippen LogP contribution in [0.5, 0.6) is 0 Å². The lowest BCUT2D eigenvalue weighted by atomic mass is 10.0. The summed E-state index contributed by atoms with van der Waals surface area (Å²) in [6, 6.07) is 5.02. The van der Waals surface area contributed by atoms with Gasteiger partial charge in [-0.1, -0.05) is 34.5 Å². The van der Waals surface area contributed by atoms with Gasteiger partial charge < -0.3 is 0 Å².